The van der Waals surface area contributed by atoms with E-state index >= 15 is 0 Å². The summed E-state index contributed by atoms with van der Waals surface area (Å²) in [6.45, 7) is 0.733. The van der Waals surface area contributed by atoms with Crippen LogP contribution in [0.4, 0.5) is 0 Å². The fourth-order valence-corrected chi connectivity index (χ4v) is 6.47. The summed E-state index contributed by atoms with van der Waals surface area (Å²) in [5, 5.41) is 9.97. The monoisotopic (exact) mass is 429 g/mol. The highest BCUT2D eigenvalue weighted by molar-refractivity contribution is 7.98. The highest BCUT2D eigenvalue weighted by Gasteiger charge is 2.29. The van der Waals surface area contributed by atoms with E-state index in [0.717, 1.165) is 27.9 Å². The molecule has 1 aromatic carbocycles. The van der Waals surface area contributed by atoms with Crippen LogP contribution in [0.1, 0.15) is 23.4 Å². The number of ether oxygens (including phenoxy) is 2. The van der Waals surface area contributed by atoms with Crippen LogP contribution in [0.2, 0.25) is 5.02 Å². The summed E-state index contributed by atoms with van der Waals surface area (Å²) in [5.41, 5.74) is 1.95. The third kappa shape index (κ3) is 4.26. The van der Waals surface area contributed by atoms with Gasteiger partial charge in [0.1, 0.15) is 11.6 Å². The van der Waals surface area contributed by atoms with E-state index in [9.17, 15) is 8.42 Å². The molecule has 0 saturated carbocycles. The fraction of sp³-hybridized carbons (Fsp3) is 0.529. The summed E-state index contributed by atoms with van der Waals surface area (Å²) < 4.78 is 36.2. The summed E-state index contributed by atoms with van der Waals surface area (Å²) in [6.07, 6.45) is 1.34. The summed E-state index contributed by atoms with van der Waals surface area (Å²) in [4.78, 5) is 0. The van der Waals surface area contributed by atoms with Crippen molar-refractivity contribution in [2.75, 3.05) is 18.3 Å². The zero-order valence-corrected chi connectivity index (χ0v) is 17.2. The van der Waals surface area contributed by atoms with Gasteiger partial charge in [-0.1, -0.05) is 23.4 Å². The minimum atomic E-state index is -2.88. The Labute approximate surface area is 167 Å². The number of fused-ring (bicyclic) bond motifs is 1. The number of rotatable bonds is 5. The molecule has 0 aliphatic carbocycles. The molecule has 1 saturated heterocycles. The van der Waals surface area contributed by atoms with Crippen LogP contribution in [0.5, 0.6) is 5.75 Å². The van der Waals surface area contributed by atoms with Crippen molar-refractivity contribution in [3.8, 4) is 5.75 Å². The maximum atomic E-state index is 11.6. The van der Waals surface area contributed by atoms with Crippen LogP contribution in [0.3, 0.4) is 0 Å². The van der Waals surface area contributed by atoms with Crippen LogP contribution >= 0.6 is 23.4 Å². The normalized spacial score (nSPS) is 21.0. The number of aromatic nitrogens is 3. The van der Waals surface area contributed by atoms with Gasteiger partial charge < -0.3 is 14.0 Å². The highest BCUT2D eigenvalue weighted by atomic mass is 35.5. The number of nitrogens with zero attached hydrogens (tertiary/aromatic N) is 3. The van der Waals surface area contributed by atoms with Crippen LogP contribution in [-0.4, -0.2) is 41.5 Å². The van der Waals surface area contributed by atoms with Gasteiger partial charge in [-0.3, -0.25) is 0 Å². The number of hydrogen-bond acceptors (Lipinski definition) is 7. The molecular formula is C17H20ClN3O4S2. The van der Waals surface area contributed by atoms with E-state index in [0.29, 0.717) is 30.2 Å². The Kier molecular flexibility index (Phi) is 5.37. The number of thioether (sulfide) groups is 1. The molecule has 0 radical (unpaired) electrons. The summed E-state index contributed by atoms with van der Waals surface area (Å²) >= 11 is 7.77. The van der Waals surface area contributed by atoms with Crippen LogP contribution in [0.15, 0.2) is 17.3 Å². The lowest BCUT2D eigenvalue weighted by Crippen LogP contribution is -2.13. The lowest BCUT2D eigenvalue weighted by Gasteiger charge is -2.21. The molecule has 0 amide bonds. The molecule has 10 heteroatoms. The second-order valence-corrected chi connectivity index (χ2v) is 10.5. The molecule has 3 heterocycles. The quantitative estimate of drug-likeness (QED) is 0.675. The Hall–Kier alpha value is -1.29. The van der Waals surface area contributed by atoms with Crippen molar-refractivity contribution in [3.05, 3.63) is 34.1 Å². The first-order valence-corrected chi connectivity index (χ1v) is 11.8. The van der Waals surface area contributed by atoms with Gasteiger partial charge in [0.15, 0.2) is 21.8 Å². The summed E-state index contributed by atoms with van der Waals surface area (Å²) in [5.74, 6) is 2.95. The minimum absolute atomic E-state index is 0.129. The molecule has 2 aromatic rings. The maximum Gasteiger partial charge on any atom is 0.191 e. The van der Waals surface area contributed by atoms with Crippen molar-refractivity contribution < 1.29 is 17.9 Å². The Morgan fingerprint density at radius 1 is 1.37 bits per heavy atom. The molecule has 7 nitrogen and oxygen atoms in total. The molecule has 27 heavy (non-hydrogen) atoms. The highest BCUT2D eigenvalue weighted by Crippen LogP contribution is 2.35. The van der Waals surface area contributed by atoms with Crippen LogP contribution < -0.4 is 4.74 Å². The van der Waals surface area contributed by atoms with Gasteiger partial charge in [0.25, 0.3) is 0 Å². The van der Waals surface area contributed by atoms with Crippen LogP contribution in [0.25, 0.3) is 0 Å². The molecule has 0 spiro atoms. The average Bonchev–Trinajstić information content (AvgIpc) is 3.15. The molecule has 2 aliphatic rings. The van der Waals surface area contributed by atoms with Crippen molar-refractivity contribution in [1.82, 2.24) is 14.8 Å². The molecule has 1 aromatic heterocycles. The first kappa shape index (κ1) is 19.0. The SMILES string of the molecule is Cn1c(CC2CCS(=O)(=O)C2)nnc1SCc1cc(Cl)cc2c1OCOC2. The molecule has 0 bridgehead atoms. The van der Waals surface area contributed by atoms with Gasteiger partial charge in [-0.25, -0.2) is 8.42 Å². The molecule has 146 valence electrons. The fourth-order valence-electron chi connectivity index (χ4n) is 3.45. The molecule has 4 rings (SSSR count). The second-order valence-electron chi connectivity index (χ2n) is 6.88. The van der Waals surface area contributed by atoms with Gasteiger partial charge in [0.2, 0.25) is 0 Å². The topological polar surface area (TPSA) is 83.3 Å². The zero-order valence-electron chi connectivity index (χ0n) is 14.9. The largest absolute Gasteiger partial charge is 0.467 e. The summed E-state index contributed by atoms with van der Waals surface area (Å²) in [6, 6.07) is 3.76. The molecule has 1 fully saturated rings. The standard InChI is InChI=1S/C17H20ClN3O4S2/c1-21-15(4-11-2-3-27(22,23)9-11)19-20-17(21)26-8-13-6-14(18)5-12-7-24-10-25-16(12)13/h5-6,11H,2-4,7-10H2,1H3. The van der Waals surface area contributed by atoms with Crippen LogP contribution in [0, 0.1) is 5.92 Å². The van der Waals surface area contributed by atoms with Crippen molar-refractivity contribution >= 4 is 33.2 Å². The molecule has 0 N–H and O–H groups in total. The molecule has 1 unspecified atom stereocenters. The van der Waals surface area contributed by atoms with E-state index in [1.807, 2.05) is 23.7 Å². The van der Waals surface area contributed by atoms with Crippen LogP contribution in [-0.2, 0) is 40.4 Å². The third-order valence-electron chi connectivity index (χ3n) is 4.83. The van der Waals surface area contributed by atoms with E-state index in [4.69, 9.17) is 21.1 Å². The van der Waals surface area contributed by atoms with E-state index < -0.39 is 9.84 Å². The number of halogens is 1. The molecule has 1 atom stereocenters. The van der Waals surface area contributed by atoms with E-state index in [1.165, 1.54) is 0 Å². The Morgan fingerprint density at radius 3 is 3.00 bits per heavy atom. The van der Waals surface area contributed by atoms with Gasteiger partial charge in [-0.2, -0.15) is 0 Å². The Bertz CT molecular complexity index is 961. The van der Waals surface area contributed by atoms with E-state index in [-0.39, 0.29) is 24.2 Å². The van der Waals surface area contributed by atoms with Crippen molar-refractivity contribution in [3.63, 3.8) is 0 Å². The van der Waals surface area contributed by atoms with Gasteiger partial charge in [-0.15, -0.1) is 10.2 Å². The van der Waals surface area contributed by atoms with Gasteiger partial charge in [0.05, 0.1) is 18.1 Å². The minimum Gasteiger partial charge on any atom is -0.467 e. The van der Waals surface area contributed by atoms with Crippen molar-refractivity contribution in [1.29, 1.82) is 0 Å². The van der Waals surface area contributed by atoms with E-state index in [1.54, 1.807) is 11.8 Å². The van der Waals surface area contributed by atoms with Gasteiger partial charge >= 0.3 is 0 Å². The summed E-state index contributed by atoms with van der Waals surface area (Å²) in [7, 11) is -0.964. The third-order valence-corrected chi connectivity index (χ3v) is 7.96. The second kappa shape index (κ2) is 7.62. The lowest BCUT2D eigenvalue weighted by molar-refractivity contribution is -0.0168. The predicted octanol–water partition coefficient (Wildman–Crippen LogP) is 2.60. The average molecular weight is 430 g/mol. The smallest absolute Gasteiger partial charge is 0.191 e. The van der Waals surface area contributed by atoms with E-state index in [2.05, 4.69) is 10.2 Å². The van der Waals surface area contributed by atoms with Crippen molar-refractivity contribution in [2.45, 2.75) is 30.4 Å². The van der Waals surface area contributed by atoms with Gasteiger partial charge in [0, 0.05) is 35.4 Å². The lowest BCUT2D eigenvalue weighted by atomic mass is 10.1. The number of hydrogen-bond donors (Lipinski definition) is 0. The van der Waals surface area contributed by atoms with Gasteiger partial charge in [-0.05, 0) is 24.5 Å². The Morgan fingerprint density at radius 2 is 2.22 bits per heavy atom. The number of benzene rings is 1. The zero-order chi connectivity index (χ0) is 19.0. The molecular weight excluding hydrogens is 410 g/mol. The Balaban J connectivity index is 1.45. The maximum absolute atomic E-state index is 11.6. The predicted molar refractivity (Wildman–Crippen MR) is 103 cm³/mol. The van der Waals surface area contributed by atoms with Crippen molar-refractivity contribution in [2.24, 2.45) is 13.0 Å². The number of sulfone groups is 1. The first-order chi connectivity index (χ1) is 12.9. The first-order valence-electron chi connectivity index (χ1n) is 8.64. The molecule has 2 aliphatic heterocycles.